The summed E-state index contributed by atoms with van der Waals surface area (Å²) in [5.74, 6) is 0.742. The molecule has 0 atom stereocenters. The minimum atomic E-state index is 0.718. The third-order valence-electron chi connectivity index (χ3n) is 3.54. The van der Waals surface area contributed by atoms with Crippen molar-refractivity contribution < 1.29 is 4.74 Å². The number of nitrogens with two attached hydrogens (primary N) is 1. The van der Waals surface area contributed by atoms with Gasteiger partial charge in [-0.2, -0.15) is 0 Å². The molecule has 0 fully saturated rings. The molecule has 3 rings (SSSR count). The maximum absolute atomic E-state index is 6.11. The van der Waals surface area contributed by atoms with Gasteiger partial charge in [-0.25, -0.2) is 0 Å². The van der Waals surface area contributed by atoms with Gasteiger partial charge in [0.15, 0.2) is 0 Å². The van der Waals surface area contributed by atoms with Crippen LogP contribution in [0.1, 0.15) is 17.5 Å². The number of hydrogen-bond donors (Lipinski definition) is 1. The molecule has 0 unspecified atom stereocenters. The molecule has 2 N–H and O–H groups in total. The molecule has 98 valence electrons. The van der Waals surface area contributed by atoms with Gasteiger partial charge in [-0.15, -0.1) is 0 Å². The number of hydrogen-bond acceptors (Lipinski definition) is 3. The molecule has 1 aliphatic rings. The van der Waals surface area contributed by atoms with Gasteiger partial charge in [-0.1, -0.05) is 23.9 Å². The standard InChI is InChI=1S/C16H17NOS/c1-18-14-6-3-7-15(16(14)17)19-13-9-8-11-4-2-5-12(11)10-13/h3,6-10H,2,4-5,17H2,1H3. The second-order valence-electron chi connectivity index (χ2n) is 4.76. The van der Waals surface area contributed by atoms with E-state index in [1.165, 1.54) is 35.3 Å². The highest BCUT2D eigenvalue weighted by Crippen LogP contribution is 2.38. The molecule has 1 aliphatic carbocycles. The van der Waals surface area contributed by atoms with E-state index in [4.69, 9.17) is 10.5 Å². The molecule has 0 heterocycles. The Morgan fingerprint density at radius 2 is 1.95 bits per heavy atom. The van der Waals surface area contributed by atoms with Gasteiger partial charge in [0.25, 0.3) is 0 Å². The summed E-state index contributed by atoms with van der Waals surface area (Å²) < 4.78 is 5.26. The van der Waals surface area contributed by atoms with Crippen molar-refractivity contribution in [3.05, 3.63) is 47.5 Å². The maximum Gasteiger partial charge on any atom is 0.142 e. The topological polar surface area (TPSA) is 35.2 Å². The first-order valence-corrected chi connectivity index (χ1v) is 7.31. The molecule has 0 aromatic heterocycles. The van der Waals surface area contributed by atoms with Gasteiger partial charge in [-0.05, 0) is 54.7 Å². The smallest absolute Gasteiger partial charge is 0.142 e. The van der Waals surface area contributed by atoms with E-state index < -0.39 is 0 Å². The van der Waals surface area contributed by atoms with Crippen LogP contribution in [0.2, 0.25) is 0 Å². The fraction of sp³-hybridized carbons (Fsp3) is 0.250. The van der Waals surface area contributed by atoms with Crippen molar-refractivity contribution in [2.75, 3.05) is 12.8 Å². The van der Waals surface area contributed by atoms with Gasteiger partial charge in [0.1, 0.15) is 5.75 Å². The molecule has 0 radical (unpaired) electrons. The second-order valence-corrected chi connectivity index (χ2v) is 5.87. The number of para-hydroxylation sites is 1. The molecule has 0 spiro atoms. The largest absolute Gasteiger partial charge is 0.495 e. The zero-order chi connectivity index (χ0) is 13.2. The monoisotopic (exact) mass is 271 g/mol. The number of nitrogen functional groups attached to an aromatic ring is 1. The quantitative estimate of drug-likeness (QED) is 0.859. The first-order chi connectivity index (χ1) is 9.28. The molecule has 2 aromatic carbocycles. The third-order valence-corrected chi connectivity index (χ3v) is 4.61. The van der Waals surface area contributed by atoms with Gasteiger partial charge in [-0.3, -0.25) is 0 Å². The van der Waals surface area contributed by atoms with Crippen molar-refractivity contribution in [3.8, 4) is 5.75 Å². The van der Waals surface area contributed by atoms with Gasteiger partial charge in [0.2, 0.25) is 0 Å². The maximum atomic E-state index is 6.11. The number of anilines is 1. The molecule has 2 nitrogen and oxygen atoms in total. The lowest BCUT2D eigenvalue weighted by atomic mass is 10.1. The lowest BCUT2D eigenvalue weighted by Gasteiger charge is -2.10. The Bertz CT molecular complexity index is 610. The molecule has 3 heteroatoms. The Hall–Kier alpha value is -1.61. The van der Waals surface area contributed by atoms with Crippen molar-refractivity contribution in [2.45, 2.75) is 29.1 Å². The number of aryl methyl sites for hydroxylation is 2. The van der Waals surface area contributed by atoms with Crippen LogP contribution < -0.4 is 10.5 Å². The predicted molar refractivity (Wildman–Crippen MR) is 80.0 cm³/mol. The summed E-state index contributed by atoms with van der Waals surface area (Å²) in [6.07, 6.45) is 3.71. The van der Waals surface area contributed by atoms with Crippen molar-refractivity contribution in [1.82, 2.24) is 0 Å². The van der Waals surface area contributed by atoms with E-state index in [1.54, 1.807) is 18.9 Å². The van der Waals surface area contributed by atoms with Gasteiger partial charge >= 0.3 is 0 Å². The van der Waals surface area contributed by atoms with Crippen molar-refractivity contribution in [1.29, 1.82) is 0 Å². The van der Waals surface area contributed by atoms with E-state index in [-0.39, 0.29) is 0 Å². The summed E-state index contributed by atoms with van der Waals surface area (Å²) in [5.41, 5.74) is 9.82. The van der Waals surface area contributed by atoms with Crippen LogP contribution in [0.15, 0.2) is 46.2 Å². The van der Waals surface area contributed by atoms with Crippen LogP contribution in [0, 0.1) is 0 Å². The Morgan fingerprint density at radius 3 is 2.79 bits per heavy atom. The van der Waals surface area contributed by atoms with E-state index >= 15 is 0 Å². The van der Waals surface area contributed by atoms with Crippen molar-refractivity contribution in [2.24, 2.45) is 0 Å². The zero-order valence-electron chi connectivity index (χ0n) is 11.0. The number of methoxy groups -OCH3 is 1. The third kappa shape index (κ3) is 2.43. The Kier molecular flexibility index (Phi) is 3.38. The molecule has 2 aromatic rings. The summed E-state index contributed by atoms with van der Waals surface area (Å²) in [7, 11) is 1.65. The average Bonchev–Trinajstić information content (AvgIpc) is 2.88. The summed E-state index contributed by atoms with van der Waals surface area (Å²) in [6.45, 7) is 0. The predicted octanol–water partition coefficient (Wildman–Crippen LogP) is 3.92. The van der Waals surface area contributed by atoms with E-state index in [9.17, 15) is 0 Å². The average molecular weight is 271 g/mol. The van der Waals surface area contributed by atoms with Gasteiger partial charge in [0, 0.05) is 9.79 Å². The second kappa shape index (κ2) is 5.17. The minimum absolute atomic E-state index is 0.718. The Balaban J connectivity index is 1.89. The number of fused-ring (bicyclic) bond motifs is 1. The fourth-order valence-corrected chi connectivity index (χ4v) is 3.48. The van der Waals surface area contributed by atoms with E-state index in [2.05, 4.69) is 18.2 Å². The van der Waals surface area contributed by atoms with Crippen LogP contribution >= 0.6 is 11.8 Å². The van der Waals surface area contributed by atoms with Crippen molar-refractivity contribution in [3.63, 3.8) is 0 Å². The highest BCUT2D eigenvalue weighted by molar-refractivity contribution is 7.99. The zero-order valence-corrected chi connectivity index (χ0v) is 11.8. The Morgan fingerprint density at radius 1 is 1.11 bits per heavy atom. The van der Waals surface area contributed by atoms with Crippen LogP contribution in [0.25, 0.3) is 0 Å². The number of rotatable bonds is 3. The summed E-state index contributed by atoms with van der Waals surface area (Å²) >= 11 is 1.70. The first kappa shape index (κ1) is 12.4. The summed E-state index contributed by atoms with van der Waals surface area (Å²) in [4.78, 5) is 2.30. The number of ether oxygens (including phenoxy) is 1. The van der Waals surface area contributed by atoms with Crippen LogP contribution in [-0.2, 0) is 12.8 Å². The summed E-state index contributed by atoms with van der Waals surface area (Å²) in [5, 5.41) is 0. The molecule has 0 amide bonds. The highest BCUT2D eigenvalue weighted by Gasteiger charge is 2.12. The van der Waals surface area contributed by atoms with Crippen LogP contribution in [0.3, 0.4) is 0 Å². The normalized spacial score (nSPS) is 13.3. The van der Waals surface area contributed by atoms with Crippen molar-refractivity contribution >= 4 is 17.4 Å². The molecule has 0 bridgehead atoms. The molecule has 0 saturated heterocycles. The number of benzene rings is 2. The highest BCUT2D eigenvalue weighted by atomic mass is 32.2. The van der Waals surface area contributed by atoms with Crippen LogP contribution in [0.5, 0.6) is 5.75 Å². The van der Waals surface area contributed by atoms with Gasteiger partial charge < -0.3 is 10.5 Å². The van der Waals surface area contributed by atoms with E-state index in [0.29, 0.717) is 0 Å². The van der Waals surface area contributed by atoms with E-state index in [0.717, 1.165) is 16.3 Å². The Labute approximate surface area is 118 Å². The SMILES string of the molecule is COc1cccc(Sc2ccc3c(c2)CCC3)c1N. The van der Waals surface area contributed by atoms with Gasteiger partial charge in [0.05, 0.1) is 12.8 Å². The molecular formula is C16H17NOS. The lowest BCUT2D eigenvalue weighted by Crippen LogP contribution is -1.94. The minimum Gasteiger partial charge on any atom is -0.495 e. The first-order valence-electron chi connectivity index (χ1n) is 6.50. The molecule has 0 aliphatic heterocycles. The lowest BCUT2D eigenvalue weighted by molar-refractivity contribution is 0.416. The van der Waals surface area contributed by atoms with Crippen LogP contribution in [-0.4, -0.2) is 7.11 Å². The molecular weight excluding hydrogens is 254 g/mol. The summed E-state index contributed by atoms with van der Waals surface area (Å²) in [6, 6.07) is 12.6. The molecule has 0 saturated carbocycles. The molecule has 19 heavy (non-hydrogen) atoms. The van der Waals surface area contributed by atoms with E-state index in [1.807, 2.05) is 18.2 Å². The van der Waals surface area contributed by atoms with Crippen LogP contribution in [0.4, 0.5) is 5.69 Å². The fourth-order valence-electron chi connectivity index (χ4n) is 2.53.